The lowest BCUT2D eigenvalue weighted by atomic mass is 10.1. The van der Waals surface area contributed by atoms with Crippen molar-refractivity contribution in [3.05, 3.63) is 95.6 Å². The first-order valence-corrected chi connectivity index (χ1v) is 13.3. The third-order valence-corrected chi connectivity index (χ3v) is 7.40. The molecule has 0 amide bonds. The summed E-state index contributed by atoms with van der Waals surface area (Å²) >= 11 is 0. The summed E-state index contributed by atoms with van der Waals surface area (Å²) < 4.78 is 35.6. The van der Waals surface area contributed by atoms with E-state index in [1.807, 2.05) is 30.3 Å². The molecular weight excluding hydrogens is 526 g/mol. The van der Waals surface area contributed by atoms with E-state index in [4.69, 9.17) is 15.6 Å². The molecule has 11 heteroatoms. The Bertz CT molecular complexity index is 1860. The summed E-state index contributed by atoms with van der Waals surface area (Å²) in [5, 5.41) is 5.55. The largest absolute Gasteiger partial charge is 0.383 e. The van der Waals surface area contributed by atoms with Gasteiger partial charge in [-0.05, 0) is 42.0 Å². The van der Waals surface area contributed by atoms with E-state index in [2.05, 4.69) is 37.0 Å². The van der Waals surface area contributed by atoms with Crippen molar-refractivity contribution < 1.29 is 13.5 Å². The average Bonchev–Trinajstić information content (AvgIpc) is 3.58. The second-order valence-corrected chi connectivity index (χ2v) is 10.1. The minimum Gasteiger partial charge on any atom is -0.383 e. The molecule has 3 aromatic carbocycles. The number of hydrogen-bond acceptors (Lipinski definition) is 7. The number of H-pyrrole nitrogens is 1. The van der Waals surface area contributed by atoms with E-state index < -0.39 is 11.6 Å². The summed E-state index contributed by atoms with van der Waals surface area (Å²) in [4.78, 5) is 18.8. The Morgan fingerprint density at radius 3 is 2.51 bits per heavy atom. The van der Waals surface area contributed by atoms with Crippen LogP contribution in [0.1, 0.15) is 17.0 Å². The van der Waals surface area contributed by atoms with E-state index in [1.165, 1.54) is 30.1 Å². The molecule has 3 N–H and O–H groups in total. The highest BCUT2D eigenvalue weighted by Gasteiger charge is 2.20. The Hall–Kier alpha value is -4.74. The highest BCUT2D eigenvalue weighted by atomic mass is 19.1. The zero-order chi connectivity index (χ0) is 27.9. The molecule has 9 nitrogen and oxygen atoms in total. The molecule has 0 aliphatic carbocycles. The van der Waals surface area contributed by atoms with Gasteiger partial charge in [0.1, 0.15) is 35.3 Å². The summed E-state index contributed by atoms with van der Waals surface area (Å²) in [5.74, 6) is -0.433. The second-order valence-electron chi connectivity index (χ2n) is 10.1. The van der Waals surface area contributed by atoms with Crippen LogP contribution in [0.3, 0.4) is 0 Å². The van der Waals surface area contributed by atoms with Crippen LogP contribution in [-0.4, -0.2) is 60.9 Å². The molecule has 1 aliphatic rings. The van der Waals surface area contributed by atoms with Crippen molar-refractivity contribution in [3.8, 4) is 16.9 Å². The number of morpholine rings is 1. The first kappa shape index (κ1) is 25.2. The Balaban J connectivity index is 1.23. The molecule has 0 unspecified atom stereocenters. The van der Waals surface area contributed by atoms with Crippen molar-refractivity contribution >= 4 is 27.9 Å². The van der Waals surface area contributed by atoms with Crippen molar-refractivity contribution in [2.75, 3.05) is 32.0 Å². The number of nitrogens with one attached hydrogen (secondary N) is 1. The molecule has 0 atom stereocenters. The number of aromatic nitrogens is 6. The predicted molar refractivity (Wildman–Crippen MR) is 151 cm³/mol. The number of imidazole rings is 1. The van der Waals surface area contributed by atoms with Crippen LogP contribution in [0.15, 0.2) is 67.0 Å². The number of hydrogen-bond donors (Lipinski definition) is 2. The van der Waals surface area contributed by atoms with E-state index in [9.17, 15) is 8.78 Å². The highest BCUT2D eigenvalue weighted by Crippen LogP contribution is 2.33. The number of nitrogens with two attached hydrogens (primary N) is 1. The number of aromatic amines is 1. The van der Waals surface area contributed by atoms with E-state index in [-0.39, 0.29) is 12.0 Å². The molecule has 3 aromatic heterocycles. The molecule has 7 rings (SSSR count). The molecule has 206 valence electrons. The number of ether oxygens (including phenoxy) is 1. The van der Waals surface area contributed by atoms with Crippen LogP contribution < -0.4 is 5.73 Å². The fourth-order valence-corrected chi connectivity index (χ4v) is 5.28. The predicted octanol–water partition coefficient (Wildman–Crippen LogP) is 4.64. The lowest BCUT2D eigenvalue weighted by molar-refractivity contribution is 0.0342. The van der Waals surface area contributed by atoms with Crippen LogP contribution in [0.5, 0.6) is 0 Å². The molecule has 1 fully saturated rings. The Morgan fingerprint density at radius 1 is 0.951 bits per heavy atom. The minimum absolute atomic E-state index is 0.00238. The third kappa shape index (κ3) is 4.79. The van der Waals surface area contributed by atoms with E-state index in [0.29, 0.717) is 39.4 Å². The maximum absolute atomic E-state index is 14.2. The molecule has 41 heavy (non-hydrogen) atoms. The molecule has 1 aliphatic heterocycles. The summed E-state index contributed by atoms with van der Waals surface area (Å²) in [5.41, 5.74) is 11.7. The molecule has 0 radical (unpaired) electrons. The van der Waals surface area contributed by atoms with Gasteiger partial charge >= 0.3 is 0 Å². The number of benzene rings is 3. The zero-order valence-electron chi connectivity index (χ0n) is 22.0. The van der Waals surface area contributed by atoms with Crippen molar-refractivity contribution in [1.29, 1.82) is 0 Å². The van der Waals surface area contributed by atoms with Crippen LogP contribution in [-0.2, 0) is 17.7 Å². The van der Waals surface area contributed by atoms with Gasteiger partial charge in [0, 0.05) is 37.2 Å². The lowest BCUT2D eigenvalue weighted by Gasteiger charge is -2.26. The molecule has 1 saturated heterocycles. The normalized spacial score (nSPS) is 14.3. The summed E-state index contributed by atoms with van der Waals surface area (Å²) in [6, 6.07) is 17.7. The molecule has 4 heterocycles. The van der Waals surface area contributed by atoms with Crippen LogP contribution >= 0.6 is 0 Å². The summed E-state index contributed by atoms with van der Waals surface area (Å²) in [6.45, 7) is 4.23. The van der Waals surface area contributed by atoms with E-state index >= 15 is 0 Å². The zero-order valence-corrected chi connectivity index (χ0v) is 22.0. The molecule has 0 spiro atoms. The van der Waals surface area contributed by atoms with Gasteiger partial charge in [-0.25, -0.2) is 28.4 Å². The van der Waals surface area contributed by atoms with Crippen LogP contribution in [0.4, 0.5) is 14.6 Å². The van der Waals surface area contributed by atoms with Gasteiger partial charge in [-0.1, -0.05) is 24.3 Å². The number of nitrogen functional groups attached to an aromatic ring is 1. The van der Waals surface area contributed by atoms with Crippen molar-refractivity contribution in [2.45, 2.75) is 13.0 Å². The van der Waals surface area contributed by atoms with Gasteiger partial charge in [-0.2, -0.15) is 5.10 Å². The maximum atomic E-state index is 14.2. The summed E-state index contributed by atoms with van der Waals surface area (Å²) in [6.07, 6.45) is 1.43. The molecule has 0 bridgehead atoms. The van der Waals surface area contributed by atoms with Crippen molar-refractivity contribution in [3.63, 3.8) is 0 Å². The highest BCUT2D eigenvalue weighted by molar-refractivity contribution is 6.00. The molecule has 6 aromatic rings. The van der Waals surface area contributed by atoms with Gasteiger partial charge < -0.3 is 15.5 Å². The molecule has 0 saturated carbocycles. The van der Waals surface area contributed by atoms with Gasteiger partial charge in [0.05, 0.1) is 35.3 Å². The standard InChI is InChI=1S/C30H26F2N8O/c31-22-2-1-3-23(32)21(22)15-26-36-24-9-6-19(14-25(24)37-26)28-27-29(33)34-17-35-30(27)40(38-28)20-7-4-18(5-8-20)16-39-10-12-41-13-11-39/h1-9,14,17H,10-13,15-16H2,(H,36,37)(H2,33,34,35). The van der Waals surface area contributed by atoms with Gasteiger partial charge in [-0.3, -0.25) is 4.90 Å². The number of anilines is 1. The molecular formula is C30H26F2N8O. The van der Waals surface area contributed by atoms with Crippen LogP contribution in [0, 0.1) is 11.6 Å². The van der Waals surface area contributed by atoms with Gasteiger partial charge in [0.15, 0.2) is 5.65 Å². The number of rotatable bonds is 6. The Morgan fingerprint density at radius 2 is 1.73 bits per heavy atom. The Labute approximate surface area is 233 Å². The Kier molecular flexibility index (Phi) is 6.37. The lowest BCUT2D eigenvalue weighted by Crippen LogP contribution is -2.35. The van der Waals surface area contributed by atoms with Crippen molar-refractivity contribution in [2.24, 2.45) is 0 Å². The number of nitrogens with zero attached hydrogens (tertiary/aromatic N) is 6. The minimum atomic E-state index is -0.604. The van der Waals surface area contributed by atoms with E-state index in [1.54, 1.807) is 4.68 Å². The first-order valence-electron chi connectivity index (χ1n) is 13.3. The van der Waals surface area contributed by atoms with Gasteiger partial charge in [-0.15, -0.1) is 0 Å². The smallest absolute Gasteiger partial charge is 0.169 e. The summed E-state index contributed by atoms with van der Waals surface area (Å²) in [7, 11) is 0. The monoisotopic (exact) mass is 552 g/mol. The number of halogens is 2. The van der Waals surface area contributed by atoms with Crippen LogP contribution in [0.2, 0.25) is 0 Å². The number of fused-ring (bicyclic) bond motifs is 2. The quantitative estimate of drug-likeness (QED) is 0.310. The van der Waals surface area contributed by atoms with Gasteiger partial charge in [0.2, 0.25) is 0 Å². The fourth-order valence-electron chi connectivity index (χ4n) is 5.28. The van der Waals surface area contributed by atoms with Crippen molar-refractivity contribution in [1.82, 2.24) is 34.6 Å². The SMILES string of the molecule is Nc1ncnc2c1c(-c1ccc3nc(Cc4c(F)cccc4F)[nH]c3c1)nn2-c1ccc(CN2CCOCC2)cc1. The third-order valence-electron chi connectivity index (χ3n) is 7.40. The fraction of sp³-hybridized carbons (Fsp3) is 0.200. The first-order chi connectivity index (χ1) is 20.0. The van der Waals surface area contributed by atoms with Gasteiger partial charge in [0.25, 0.3) is 0 Å². The maximum Gasteiger partial charge on any atom is 0.169 e. The topological polar surface area (TPSA) is 111 Å². The van der Waals surface area contributed by atoms with Crippen LogP contribution in [0.25, 0.3) is 39.0 Å². The second kappa shape index (κ2) is 10.3. The average molecular weight is 553 g/mol. The van der Waals surface area contributed by atoms with E-state index in [0.717, 1.165) is 44.1 Å².